The fourth-order valence-electron chi connectivity index (χ4n) is 3.31. The van der Waals surface area contributed by atoms with E-state index in [0.717, 1.165) is 0 Å². The number of nitrogens with one attached hydrogen (secondary N) is 1. The van der Waals surface area contributed by atoms with Gasteiger partial charge in [-0.05, 0) is 31.1 Å². The Morgan fingerprint density at radius 3 is 2.41 bits per heavy atom. The van der Waals surface area contributed by atoms with Gasteiger partial charge in [0.1, 0.15) is 0 Å². The van der Waals surface area contributed by atoms with Crippen molar-refractivity contribution in [1.82, 2.24) is 5.43 Å². The molecule has 1 aliphatic rings. The van der Waals surface area contributed by atoms with Crippen LogP contribution in [-0.2, 0) is 4.74 Å². The molecular weight excluding hydrogens is 212 g/mol. The summed E-state index contributed by atoms with van der Waals surface area (Å²) in [7, 11) is 1.84. The molecule has 0 radical (unpaired) electrons. The summed E-state index contributed by atoms with van der Waals surface area (Å²) >= 11 is 0. The second kappa shape index (κ2) is 8.06. The van der Waals surface area contributed by atoms with Crippen LogP contribution in [0, 0.1) is 11.8 Å². The zero-order valence-electron chi connectivity index (χ0n) is 11.7. The zero-order valence-corrected chi connectivity index (χ0v) is 11.7. The molecule has 0 spiro atoms. The molecule has 3 unspecified atom stereocenters. The molecule has 0 heterocycles. The molecule has 1 rings (SSSR count). The Morgan fingerprint density at radius 1 is 1.29 bits per heavy atom. The van der Waals surface area contributed by atoms with E-state index >= 15 is 0 Å². The van der Waals surface area contributed by atoms with Crippen LogP contribution in [0.1, 0.15) is 58.8 Å². The number of methoxy groups -OCH3 is 1. The highest BCUT2D eigenvalue weighted by Gasteiger charge is 2.32. The third kappa shape index (κ3) is 4.23. The summed E-state index contributed by atoms with van der Waals surface area (Å²) < 4.78 is 5.77. The molecule has 17 heavy (non-hydrogen) atoms. The molecule has 3 heteroatoms. The van der Waals surface area contributed by atoms with E-state index in [9.17, 15) is 0 Å². The fraction of sp³-hybridized carbons (Fsp3) is 1.00. The van der Waals surface area contributed by atoms with Gasteiger partial charge in [-0.3, -0.25) is 11.3 Å². The number of hydrazine groups is 1. The van der Waals surface area contributed by atoms with Gasteiger partial charge < -0.3 is 4.74 Å². The number of hydrogen-bond donors (Lipinski definition) is 2. The quantitative estimate of drug-likeness (QED) is 0.533. The van der Waals surface area contributed by atoms with Gasteiger partial charge in [0.15, 0.2) is 0 Å². The van der Waals surface area contributed by atoms with Crippen LogP contribution in [0.2, 0.25) is 0 Å². The van der Waals surface area contributed by atoms with Crippen molar-refractivity contribution in [1.29, 1.82) is 0 Å². The number of rotatable bonds is 7. The SMILES string of the molecule is CCCC(C)C(NN)C(OC)C1CCCCC1. The molecule has 1 aliphatic carbocycles. The third-order valence-electron chi connectivity index (χ3n) is 4.29. The van der Waals surface area contributed by atoms with Gasteiger partial charge >= 0.3 is 0 Å². The van der Waals surface area contributed by atoms with Gasteiger partial charge in [-0.25, -0.2) is 0 Å². The van der Waals surface area contributed by atoms with Crippen molar-refractivity contribution in [2.75, 3.05) is 7.11 Å². The van der Waals surface area contributed by atoms with E-state index < -0.39 is 0 Å². The smallest absolute Gasteiger partial charge is 0.0768 e. The summed E-state index contributed by atoms with van der Waals surface area (Å²) in [6, 6.07) is 0.294. The lowest BCUT2D eigenvalue weighted by Gasteiger charge is -2.37. The lowest BCUT2D eigenvalue weighted by molar-refractivity contribution is -0.00687. The van der Waals surface area contributed by atoms with Gasteiger partial charge in [0.05, 0.1) is 12.1 Å². The largest absolute Gasteiger partial charge is 0.379 e. The minimum Gasteiger partial charge on any atom is -0.379 e. The molecule has 1 saturated carbocycles. The van der Waals surface area contributed by atoms with Crippen molar-refractivity contribution in [3.05, 3.63) is 0 Å². The first-order chi connectivity index (χ1) is 8.24. The second-order valence-corrected chi connectivity index (χ2v) is 5.56. The zero-order chi connectivity index (χ0) is 12.7. The Morgan fingerprint density at radius 2 is 1.94 bits per heavy atom. The summed E-state index contributed by atoms with van der Waals surface area (Å²) in [5.74, 6) is 7.03. The van der Waals surface area contributed by atoms with Gasteiger partial charge in [-0.1, -0.05) is 39.5 Å². The maximum atomic E-state index is 5.77. The van der Waals surface area contributed by atoms with E-state index in [-0.39, 0.29) is 6.10 Å². The highest BCUT2D eigenvalue weighted by Crippen LogP contribution is 2.31. The van der Waals surface area contributed by atoms with E-state index in [1.165, 1.54) is 44.9 Å². The van der Waals surface area contributed by atoms with Gasteiger partial charge in [0, 0.05) is 7.11 Å². The van der Waals surface area contributed by atoms with Crippen molar-refractivity contribution >= 4 is 0 Å². The van der Waals surface area contributed by atoms with E-state index in [4.69, 9.17) is 10.6 Å². The second-order valence-electron chi connectivity index (χ2n) is 5.56. The van der Waals surface area contributed by atoms with Crippen LogP contribution in [-0.4, -0.2) is 19.3 Å². The summed E-state index contributed by atoms with van der Waals surface area (Å²) in [4.78, 5) is 0. The molecule has 0 bridgehead atoms. The first-order valence-electron chi connectivity index (χ1n) is 7.23. The highest BCUT2D eigenvalue weighted by atomic mass is 16.5. The molecule has 0 aromatic rings. The Hall–Kier alpha value is -0.120. The fourth-order valence-corrected chi connectivity index (χ4v) is 3.31. The normalized spacial score (nSPS) is 23.3. The molecule has 0 aromatic heterocycles. The Balaban J connectivity index is 2.60. The summed E-state index contributed by atoms with van der Waals surface area (Å²) in [6.45, 7) is 4.51. The van der Waals surface area contributed by atoms with Crippen molar-refractivity contribution in [3.8, 4) is 0 Å². The van der Waals surface area contributed by atoms with E-state index in [1.54, 1.807) is 0 Å². The molecule has 1 fully saturated rings. The van der Waals surface area contributed by atoms with Gasteiger partial charge in [-0.2, -0.15) is 0 Å². The van der Waals surface area contributed by atoms with Crippen LogP contribution in [0.5, 0.6) is 0 Å². The minimum absolute atomic E-state index is 0.279. The lowest BCUT2D eigenvalue weighted by Crippen LogP contribution is -2.52. The predicted octanol–water partition coefficient (Wildman–Crippen LogP) is 2.85. The first kappa shape index (κ1) is 14.9. The third-order valence-corrected chi connectivity index (χ3v) is 4.29. The van der Waals surface area contributed by atoms with Crippen molar-refractivity contribution in [3.63, 3.8) is 0 Å². The van der Waals surface area contributed by atoms with Crippen molar-refractivity contribution in [2.24, 2.45) is 17.7 Å². The van der Waals surface area contributed by atoms with Crippen LogP contribution in [0.3, 0.4) is 0 Å². The average Bonchev–Trinajstić information content (AvgIpc) is 2.37. The van der Waals surface area contributed by atoms with Crippen LogP contribution >= 0.6 is 0 Å². The molecule has 3 atom stereocenters. The van der Waals surface area contributed by atoms with Gasteiger partial charge in [0.25, 0.3) is 0 Å². The molecule has 0 saturated heterocycles. The molecule has 3 N–H and O–H groups in total. The van der Waals surface area contributed by atoms with Crippen LogP contribution in [0.15, 0.2) is 0 Å². The minimum atomic E-state index is 0.279. The Labute approximate surface area is 106 Å². The summed E-state index contributed by atoms with van der Waals surface area (Å²) in [5.41, 5.74) is 3.01. The van der Waals surface area contributed by atoms with E-state index in [2.05, 4.69) is 19.3 Å². The predicted molar refractivity (Wildman–Crippen MR) is 72.6 cm³/mol. The van der Waals surface area contributed by atoms with E-state index in [0.29, 0.717) is 17.9 Å². The molecule has 0 aromatic carbocycles. The maximum absolute atomic E-state index is 5.77. The lowest BCUT2D eigenvalue weighted by atomic mass is 9.79. The van der Waals surface area contributed by atoms with Crippen molar-refractivity contribution in [2.45, 2.75) is 70.9 Å². The molecule has 102 valence electrons. The molecule has 0 amide bonds. The standard InChI is InChI=1S/C14H30N2O/c1-4-8-11(2)13(16-15)14(17-3)12-9-6-5-7-10-12/h11-14,16H,4-10,15H2,1-3H3. The summed E-state index contributed by atoms with van der Waals surface area (Å²) in [6.07, 6.45) is 9.39. The molecule has 3 nitrogen and oxygen atoms in total. The monoisotopic (exact) mass is 242 g/mol. The van der Waals surface area contributed by atoms with Gasteiger partial charge in [0.2, 0.25) is 0 Å². The Kier molecular flexibility index (Phi) is 7.09. The van der Waals surface area contributed by atoms with Gasteiger partial charge in [-0.15, -0.1) is 0 Å². The molecular formula is C14H30N2O. The summed E-state index contributed by atoms with van der Waals surface area (Å²) in [5, 5.41) is 0. The van der Waals surface area contributed by atoms with Crippen LogP contribution in [0.25, 0.3) is 0 Å². The Bertz CT molecular complexity index is 193. The first-order valence-corrected chi connectivity index (χ1v) is 7.23. The molecule has 0 aliphatic heterocycles. The highest BCUT2D eigenvalue weighted by molar-refractivity contribution is 4.86. The number of ether oxygens (including phenoxy) is 1. The average molecular weight is 242 g/mol. The maximum Gasteiger partial charge on any atom is 0.0768 e. The topological polar surface area (TPSA) is 47.3 Å². The number of nitrogens with two attached hydrogens (primary N) is 1. The van der Waals surface area contributed by atoms with Crippen LogP contribution < -0.4 is 11.3 Å². The van der Waals surface area contributed by atoms with Crippen LogP contribution in [0.4, 0.5) is 0 Å². The van der Waals surface area contributed by atoms with Crippen molar-refractivity contribution < 1.29 is 4.74 Å². The van der Waals surface area contributed by atoms with E-state index in [1.807, 2.05) is 7.11 Å². The number of hydrogen-bond acceptors (Lipinski definition) is 3.